The second kappa shape index (κ2) is 14.6. The number of ether oxygens (including phenoxy) is 2. The standard InChI is InChI=1S/C38H35N5O6S/c1-41(2)27-17-15-26(16-18-27)39-37(46)35(25-14-19-31(48-3)32(20-25)49-4)43(21-33-40-29(23-50-33)24-10-6-5-7-11-24)34(44)22-42-30-13-9-8-12-28(30)36(45)38(42)47/h5-20,23,35H,21-22H2,1-4H3,(H,39,46). The van der Waals surface area contributed by atoms with E-state index >= 15 is 0 Å². The molecule has 0 bridgehead atoms. The van der Waals surface area contributed by atoms with Gasteiger partial charge in [-0.15, -0.1) is 11.3 Å². The molecule has 254 valence electrons. The number of nitrogens with zero attached hydrogens (tertiary/aromatic N) is 4. The Kier molecular flexibility index (Phi) is 9.91. The summed E-state index contributed by atoms with van der Waals surface area (Å²) in [5.41, 5.74) is 4.08. The lowest BCUT2D eigenvalue weighted by atomic mass is 10.0. The van der Waals surface area contributed by atoms with E-state index in [9.17, 15) is 19.2 Å². The van der Waals surface area contributed by atoms with E-state index in [1.54, 1.807) is 54.6 Å². The van der Waals surface area contributed by atoms with Crippen LogP contribution in [0.25, 0.3) is 11.3 Å². The molecule has 2 heterocycles. The van der Waals surface area contributed by atoms with E-state index < -0.39 is 36.1 Å². The summed E-state index contributed by atoms with van der Waals surface area (Å²) in [6, 6.07) is 27.3. The number of hydrogen-bond donors (Lipinski definition) is 1. The number of amides is 3. The molecule has 1 aliphatic rings. The molecule has 1 aliphatic heterocycles. The fourth-order valence-electron chi connectivity index (χ4n) is 5.77. The predicted molar refractivity (Wildman–Crippen MR) is 193 cm³/mol. The molecule has 11 nitrogen and oxygen atoms in total. The fraction of sp³-hybridized carbons (Fsp3) is 0.184. The van der Waals surface area contributed by atoms with E-state index in [4.69, 9.17) is 14.5 Å². The van der Waals surface area contributed by atoms with Crippen molar-refractivity contribution in [1.82, 2.24) is 9.88 Å². The van der Waals surface area contributed by atoms with Crippen molar-refractivity contribution in [2.24, 2.45) is 0 Å². The van der Waals surface area contributed by atoms with Gasteiger partial charge in [0.1, 0.15) is 17.6 Å². The van der Waals surface area contributed by atoms with Crippen LogP contribution in [0.5, 0.6) is 11.5 Å². The molecule has 1 aromatic heterocycles. The highest BCUT2D eigenvalue weighted by Gasteiger charge is 2.40. The number of methoxy groups -OCH3 is 2. The summed E-state index contributed by atoms with van der Waals surface area (Å²) < 4.78 is 11.0. The maximum atomic E-state index is 14.6. The Morgan fingerprint density at radius 3 is 2.28 bits per heavy atom. The first-order chi connectivity index (χ1) is 24.2. The van der Waals surface area contributed by atoms with Crippen LogP contribution < -0.4 is 24.6 Å². The summed E-state index contributed by atoms with van der Waals surface area (Å²) in [5, 5.41) is 5.43. The Balaban J connectivity index is 1.43. The topological polar surface area (TPSA) is 121 Å². The first kappa shape index (κ1) is 33.9. The molecular formula is C38H35N5O6S. The molecule has 0 radical (unpaired) electrons. The van der Waals surface area contributed by atoms with Crippen molar-refractivity contribution in [3.8, 4) is 22.8 Å². The number of fused-ring (bicyclic) bond motifs is 1. The molecule has 4 aromatic carbocycles. The Labute approximate surface area is 293 Å². The Hall–Kier alpha value is -6.01. The number of anilines is 3. The van der Waals surface area contributed by atoms with Gasteiger partial charge in [-0.05, 0) is 54.1 Å². The molecule has 1 N–H and O–H groups in total. The summed E-state index contributed by atoms with van der Waals surface area (Å²) in [5.74, 6) is -1.78. The maximum absolute atomic E-state index is 14.6. The highest BCUT2D eigenvalue weighted by molar-refractivity contribution is 7.09. The van der Waals surface area contributed by atoms with Crippen LogP contribution in [0.4, 0.5) is 17.1 Å². The van der Waals surface area contributed by atoms with Gasteiger partial charge < -0.3 is 24.6 Å². The van der Waals surface area contributed by atoms with E-state index in [1.807, 2.05) is 66.8 Å². The van der Waals surface area contributed by atoms with Gasteiger partial charge in [0.15, 0.2) is 11.5 Å². The van der Waals surface area contributed by atoms with Crippen LogP contribution in [0, 0.1) is 0 Å². The first-order valence-electron chi connectivity index (χ1n) is 15.7. The van der Waals surface area contributed by atoms with Gasteiger partial charge in [0.25, 0.3) is 17.6 Å². The zero-order chi connectivity index (χ0) is 35.4. The zero-order valence-corrected chi connectivity index (χ0v) is 28.8. The van der Waals surface area contributed by atoms with Crippen LogP contribution in [0.3, 0.4) is 0 Å². The SMILES string of the molecule is COc1ccc(C(C(=O)Nc2ccc(N(C)C)cc2)N(Cc2nc(-c3ccccc3)cs2)C(=O)CN2C(=O)C(=O)c3ccccc32)cc1OC. The molecule has 12 heteroatoms. The lowest BCUT2D eigenvalue weighted by Gasteiger charge is -2.32. The van der Waals surface area contributed by atoms with Gasteiger partial charge in [-0.3, -0.25) is 24.1 Å². The zero-order valence-electron chi connectivity index (χ0n) is 28.0. The van der Waals surface area contributed by atoms with Crippen molar-refractivity contribution in [1.29, 1.82) is 0 Å². The van der Waals surface area contributed by atoms with E-state index in [0.29, 0.717) is 33.4 Å². The van der Waals surface area contributed by atoms with Crippen LogP contribution in [0.15, 0.2) is 102 Å². The number of nitrogens with one attached hydrogen (secondary N) is 1. The molecule has 5 aromatic rings. The summed E-state index contributed by atoms with van der Waals surface area (Å²) in [7, 11) is 6.83. The van der Waals surface area contributed by atoms with Crippen LogP contribution in [0.1, 0.15) is 27.0 Å². The van der Waals surface area contributed by atoms with Gasteiger partial charge in [0.2, 0.25) is 5.91 Å². The van der Waals surface area contributed by atoms with Crippen molar-refractivity contribution < 1.29 is 28.7 Å². The van der Waals surface area contributed by atoms with E-state index in [2.05, 4.69) is 5.32 Å². The minimum Gasteiger partial charge on any atom is -0.493 e. The lowest BCUT2D eigenvalue weighted by molar-refractivity contribution is -0.139. The van der Waals surface area contributed by atoms with Crippen LogP contribution in [-0.4, -0.2) is 68.2 Å². The number of carbonyl (C=O) groups is 4. The molecule has 0 fully saturated rings. The molecule has 0 saturated carbocycles. The van der Waals surface area contributed by atoms with Gasteiger partial charge in [-0.25, -0.2) is 4.98 Å². The summed E-state index contributed by atoms with van der Waals surface area (Å²) in [4.78, 5) is 64.3. The van der Waals surface area contributed by atoms with E-state index in [-0.39, 0.29) is 12.1 Å². The van der Waals surface area contributed by atoms with Crippen molar-refractivity contribution >= 4 is 51.9 Å². The summed E-state index contributed by atoms with van der Waals surface area (Å²) in [6.45, 7) is -0.549. The third-order valence-electron chi connectivity index (χ3n) is 8.35. The first-order valence-corrected chi connectivity index (χ1v) is 16.6. The number of benzene rings is 4. The van der Waals surface area contributed by atoms with Gasteiger partial charge in [0, 0.05) is 36.4 Å². The molecule has 3 amide bonds. The number of rotatable bonds is 12. The number of ketones is 1. The van der Waals surface area contributed by atoms with Crippen molar-refractivity contribution in [3.05, 3.63) is 119 Å². The van der Waals surface area contributed by atoms with Crippen molar-refractivity contribution in [2.45, 2.75) is 12.6 Å². The molecule has 1 atom stereocenters. The highest BCUT2D eigenvalue weighted by atomic mass is 32.1. The van der Waals surface area contributed by atoms with Gasteiger partial charge in [-0.2, -0.15) is 0 Å². The van der Waals surface area contributed by atoms with E-state index in [1.165, 1.54) is 30.5 Å². The highest BCUT2D eigenvalue weighted by Crippen LogP contribution is 2.35. The minimum atomic E-state index is -1.22. The second-order valence-electron chi connectivity index (χ2n) is 11.7. The maximum Gasteiger partial charge on any atom is 0.299 e. The number of para-hydroxylation sites is 1. The van der Waals surface area contributed by atoms with Gasteiger partial charge >= 0.3 is 0 Å². The third kappa shape index (κ3) is 6.92. The molecule has 0 spiro atoms. The van der Waals surface area contributed by atoms with Crippen molar-refractivity contribution in [3.63, 3.8) is 0 Å². The number of aromatic nitrogens is 1. The number of hydrogen-bond acceptors (Lipinski definition) is 9. The molecule has 0 aliphatic carbocycles. The summed E-state index contributed by atoms with van der Waals surface area (Å²) in [6.07, 6.45) is 0. The Morgan fingerprint density at radius 1 is 0.880 bits per heavy atom. The normalized spacial score (nSPS) is 12.7. The Morgan fingerprint density at radius 2 is 1.58 bits per heavy atom. The third-order valence-corrected chi connectivity index (χ3v) is 9.19. The van der Waals surface area contributed by atoms with Gasteiger partial charge in [0.05, 0.1) is 37.7 Å². The minimum absolute atomic E-state index is 0.0695. The molecule has 1 unspecified atom stereocenters. The van der Waals surface area contributed by atoms with Crippen LogP contribution in [-0.2, 0) is 20.9 Å². The largest absolute Gasteiger partial charge is 0.493 e. The quantitative estimate of drug-likeness (QED) is 0.163. The second-order valence-corrected chi connectivity index (χ2v) is 12.6. The Bertz CT molecular complexity index is 2050. The molecule has 50 heavy (non-hydrogen) atoms. The summed E-state index contributed by atoms with van der Waals surface area (Å²) >= 11 is 1.35. The number of Topliss-reactive ketones (excluding diaryl/α,β-unsaturated/α-hetero) is 1. The predicted octanol–water partition coefficient (Wildman–Crippen LogP) is 5.83. The average Bonchev–Trinajstić information content (AvgIpc) is 3.70. The molecule has 6 rings (SSSR count). The van der Waals surface area contributed by atoms with Crippen molar-refractivity contribution in [2.75, 3.05) is 50.0 Å². The van der Waals surface area contributed by atoms with E-state index in [0.717, 1.165) is 21.8 Å². The monoisotopic (exact) mass is 689 g/mol. The van der Waals surface area contributed by atoms with Crippen LogP contribution in [0.2, 0.25) is 0 Å². The average molecular weight is 690 g/mol. The number of thiazole rings is 1. The molecule has 0 saturated heterocycles. The van der Waals surface area contributed by atoms with Gasteiger partial charge in [-0.1, -0.05) is 48.5 Å². The number of carbonyl (C=O) groups excluding carboxylic acids is 4. The molecular weight excluding hydrogens is 655 g/mol. The van der Waals surface area contributed by atoms with Crippen LogP contribution >= 0.6 is 11.3 Å². The lowest BCUT2D eigenvalue weighted by Crippen LogP contribution is -2.46. The fourth-order valence-corrected chi connectivity index (χ4v) is 6.58. The smallest absolute Gasteiger partial charge is 0.299 e.